The minimum absolute atomic E-state index is 0.481. The van der Waals surface area contributed by atoms with Crippen LogP contribution in [0.15, 0.2) is 18.2 Å². The fourth-order valence-electron chi connectivity index (χ4n) is 3.46. The molecule has 1 saturated carbocycles. The lowest BCUT2D eigenvalue weighted by atomic mass is 10.1. The summed E-state index contributed by atoms with van der Waals surface area (Å²) in [5.41, 5.74) is 2.25. The molecule has 0 radical (unpaired) electrons. The smallest absolute Gasteiger partial charge is 0.0488 e. The second kappa shape index (κ2) is 6.55. The summed E-state index contributed by atoms with van der Waals surface area (Å²) in [5, 5.41) is 0.788. The second-order valence-electron chi connectivity index (χ2n) is 5.87. The van der Waals surface area contributed by atoms with Crippen LogP contribution in [0.5, 0.6) is 0 Å². The number of hydrogen-bond acceptors (Lipinski definition) is 2. The normalized spacial score (nSPS) is 21.6. The number of piperazine rings is 1. The Balaban J connectivity index is 1.61. The van der Waals surface area contributed by atoms with Gasteiger partial charge in [-0.2, -0.15) is 0 Å². The maximum absolute atomic E-state index is 6.26. The molecular formula is C16H22Cl2N2. The summed E-state index contributed by atoms with van der Waals surface area (Å²) in [6.45, 7) is 4.57. The second-order valence-corrected chi connectivity index (χ2v) is 6.55. The van der Waals surface area contributed by atoms with Gasteiger partial charge in [-0.3, -0.25) is 4.90 Å². The standard InChI is InChI=1S/C16H22Cl2N2/c17-12-13-5-6-15(11-16(13)18)20-9-7-19(8-10-20)14-3-1-2-4-14/h5-6,11,14H,1-4,7-10,12H2. The van der Waals surface area contributed by atoms with E-state index in [2.05, 4.69) is 21.9 Å². The van der Waals surface area contributed by atoms with Crippen LogP contribution in [0.3, 0.4) is 0 Å². The van der Waals surface area contributed by atoms with E-state index >= 15 is 0 Å². The Morgan fingerprint density at radius 2 is 1.75 bits per heavy atom. The maximum Gasteiger partial charge on any atom is 0.0488 e. The van der Waals surface area contributed by atoms with Crippen LogP contribution < -0.4 is 4.90 Å². The number of benzene rings is 1. The van der Waals surface area contributed by atoms with Crippen molar-refractivity contribution in [1.29, 1.82) is 0 Å². The van der Waals surface area contributed by atoms with Crippen molar-refractivity contribution >= 4 is 28.9 Å². The van der Waals surface area contributed by atoms with Gasteiger partial charge < -0.3 is 4.90 Å². The highest BCUT2D eigenvalue weighted by Crippen LogP contribution is 2.28. The third-order valence-electron chi connectivity index (χ3n) is 4.70. The molecule has 0 N–H and O–H groups in total. The maximum atomic E-state index is 6.26. The van der Waals surface area contributed by atoms with Gasteiger partial charge in [-0.05, 0) is 30.5 Å². The minimum Gasteiger partial charge on any atom is -0.369 e. The summed E-state index contributed by atoms with van der Waals surface area (Å²) < 4.78 is 0. The Morgan fingerprint density at radius 3 is 2.35 bits per heavy atom. The molecule has 1 aliphatic carbocycles. The predicted molar refractivity (Wildman–Crippen MR) is 87.1 cm³/mol. The third-order valence-corrected chi connectivity index (χ3v) is 5.34. The lowest BCUT2D eigenvalue weighted by Gasteiger charge is -2.39. The molecule has 1 aromatic rings. The van der Waals surface area contributed by atoms with Crippen molar-refractivity contribution < 1.29 is 0 Å². The van der Waals surface area contributed by atoms with Crippen LogP contribution >= 0.6 is 23.2 Å². The zero-order chi connectivity index (χ0) is 13.9. The van der Waals surface area contributed by atoms with Crippen molar-refractivity contribution in [3.8, 4) is 0 Å². The van der Waals surface area contributed by atoms with Crippen LogP contribution in [-0.4, -0.2) is 37.1 Å². The summed E-state index contributed by atoms with van der Waals surface area (Å²) in [6, 6.07) is 7.10. The van der Waals surface area contributed by atoms with Crippen molar-refractivity contribution in [2.45, 2.75) is 37.6 Å². The van der Waals surface area contributed by atoms with Gasteiger partial charge in [0, 0.05) is 48.8 Å². The van der Waals surface area contributed by atoms with Crippen molar-refractivity contribution in [1.82, 2.24) is 4.90 Å². The van der Waals surface area contributed by atoms with Crippen molar-refractivity contribution in [2.24, 2.45) is 0 Å². The van der Waals surface area contributed by atoms with E-state index in [0.29, 0.717) is 5.88 Å². The topological polar surface area (TPSA) is 6.48 Å². The molecule has 110 valence electrons. The zero-order valence-corrected chi connectivity index (χ0v) is 13.3. The highest BCUT2D eigenvalue weighted by molar-refractivity contribution is 6.32. The number of rotatable bonds is 3. The summed E-state index contributed by atoms with van der Waals surface area (Å²) in [4.78, 5) is 5.12. The highest BCUT2D eigenvalue weighted by Gasteiger charge is 2.26. The predicted octanol–water partition coefficient (Wildman–Crippen LogP) is 4.14. The molecule has 0 aromatic heterocycles. The van der Waals surface area contributed by atoms with Gasteiger partial charge in [0.25, 0.3) is 0 Å². The van der Waals surface area contributed by atoms with Crippen molar-refractivity contribution in [3.63, 3.8) is 0 Å². The number of nitrogens with zero attached hydrogens (tertiary/aromatic N) is 2. The van der Waals surface area contributed by atoms with E-state index in [4.69, 9.17) is 23.2 Å². The molecule has 2 nitrogen and oxygen atoms in total. The molecule has 2 aliphatic rings. The van der Waals surface area contributed by atoms with Crippen LogP contribution in [0, 0.1) is 0 Å². The Labute approximate surface area is 131 Å². The van der Waals surface area contributed by atoms with Gasteiger partial charge in [-0.25, -0.2) is 0 Å². The first-order valence-corrected chi connectivity index (χ1v) is 8.52. The average molecular weight is 313 g/mol. The van der Waals surface area contributed by atoms with E-state index < -0.39 is 0 Å². The Kier molecular flexibility index (Phi) is 4.75. The Bertz CT molecular complexity index is 450. The molecule has 4 heteroatoms. The molecule has 0 amide bonds. The number of anilines is 1. The van der Waals surface area contributed by atoms with Gasteiger partial charge in [0.2, 0.25) is 0 Å². The fourth-order valence-corrected chi connectivity index (χ4v) is 4.00. The Hall–Kier alpha value is -0.440. The van der Waals surface area contributed by atoms with E-state index in [1.807, 2.05) is 6.07 Å². The lowest BCUT2D eigenvalue weighted by Crippen LogP contribution is -2.49. The van der Waals surface area contributed by atoms with E-state index in [0.717, 1.165) is 29.7 Å². The van der Waals surface area contributed by atoms with Crippen LogP contribution in [-0.2, 0) is 5.88 Å². The van der Waals surface area contributed by atoms with E-state index in [1.165, 1.54) is 44.5 Å². The molecule has 20 heavy (non-hydrogen) atoms. The first-order chi connectivity index (χ1) is 9.78. The van der Waals surface area contributed by atoms with E-state index in [9.17, 15) is 0 Å². The molecule has 1 heterocycles. The fraction of sp³-hybridized carbons (Fsp3) is 0.625. The lowest BCUT2D eigenvalue weighted by molar-refractivity contribution is 0.187. The monoisotopic (exact) mass is 312 g/mol. The highest BCUT2D eigenvalue weighted by atomic mass is 35.5. The van der Waals surface area contributed by atoms with Crippen molar-refractivity contribution in [2.75, 3.05) is 31.1 Å². The van der Waals surface area contributed by atoms with Crippen molar-refractivity contribution in [3.05, 3.63) is 28.8 Å². The molecule has 1 aromatic carbocycles. The number of halogens is 2. The van der Waals surface area contributed by atoms with Gasteiger partial charge in [-0.15, -0.1) is 11.6 Å². The molecular weight excluding hydrogens is 291 g/mol. The van der Waals surface area contributed by atoms with Crippen LogP contribution in [0.1, 0.15) is 31.2 Å². The van der Waals surface area contributed by atoms with Gasteiger partial charge in [-0.1, -0.05) is 30.5 Å². The molecule has 0 spiro atoms. The van der Waals surface area contributed by atoms with Gasteiger partial charge >= 0.3 is 0 Å². The van der Waals surface area contributed by atoms with E-state index in [1.54, 1.807) is 0 Å². The third kappa shape index (κ3) is 3.08. The zero-order valence-electron chi connectivity index (χ0n) is 11.8. The Morgan fingerprint density at radius 1 is 1.05 bits per heavy atom. The SMILES string of the molecule is ClCc1ccc(N2CCN(C3CCCC3)CC2)cc1Cl. The minimum atomic E-state index is 0.481. The molecule has 0 unspecified atom stereocenters. The van der Waals surface area contributed by atoms with Gasteiger partial charge in [0.1, 0.15) is 0 Å². The largest absolute Gasteiger partial charge is 0.369 e. The molecule has 3 rings (SSSR count). The number of hydrogen-bond donors (Lipinski definition) is 0. The van der Waals surface area contributed by atoms with Crippen LogP contribution in [0.4, 0.5) is 5.69 Å². The summed E-state index contributed by atoms with van der Waals surface area (Å²) in [5.74, 6) is 0.481. The average Bonchev–Trinajstić information content (AvgIpc) is 3.01. The summed E-state index contributed by atoms with van der Waals surface area (Å²) in [7, 11) is 0. The van der Waals surface area contributed by atoms with Gasteiger partial charge in [0.05, 0.1) is 0 Å². The molecule has 0 atom stereocenters. The first kappa shape index (κ1) is 14.5. The molecule has 1 aliphatic heterocycles. The number of alkyl halides is 1. The molecule has 1 saturated heterocycles. The van der Waals surface area contributed by atoms with Crippen LogP contribution in [0.25, 0.3) is 0 Å². The van der Waals surface area contributed by atoms with Crippen LogP contribution in [0.2, 0.25) is 5.02 Å². The first-order valence-electron chi connectivity index (χ1n) is 7.61. The molecule has 2 fully saturated rings. The van der Waals surface area contributed by atoms with E-state index in [-0.39, 0.29) is 0 Å². The van der Waals surface area contributed by atoms with Gasteiger partial charge in [0.15, 0.2) is 0 Å². The molecule has 0 bridgehead atoms. The quantitative estimate of drug-likeness (QED) is 0.774. The summed E-state index contributed by atoms with van der Waals surface area (Å²) >= 11 is 12.1. The summed E-state index contributed by atoms with van der Waals surface area (Å²) in [6.07, 6.45) is 5.63.